The molecule has 0 unspecified atom stereocenters. The van der Waals surface area contributed by atoms with Gasteiger partial charge in [0.2, 0.25) is 5.95 Å². The zero-order valence-corrected chi connectivity index (χ0v) is 15.3. The zero-order valence-electron chi connectivity index (χ0n) is 15.3. The Balaban J connectivity index is 1.29. The molecule has 5 nitrogen and oxygen atoms in total. The number of likely N-dealkylation sites (tertiary alicyclic amines) is 1. The van der Waals surface area contributed by atoms with E-state index in [9.17, 15) is 0 Å². The maximum Gasteiger partial charge on any atom is 0.225 e. The van der Waals surface area contributed by atoms with Gasteiger partial charge < -0.3 is 14.7 Å². The summed E-state index contributed by atoms with van der Waals surface area (Å²) in [6.07, 6.45) is 8.29. The third-order valence-electron chi connectivity index (χ3n) is 6.17. The highest BCUT2D eigenvalue weighted by Crippen LogP contribution is 2.34. The fourth-order valence-electron chi connectivity index (χ4n) is 4.71. The van der Waals surface area contributed by atoms with Crippen LogP contribution in [-0.2, 0) is 6.42 Å². The molecule has 0 saturated carbocycles. The van der Waals surface area contributed by atoms with Crippen LogP contribution in [0.5, 0.6) is 0 Å². The molecule has 1 aromatic heterocycles. The quantitative estimate of drug-likeness (QED) is 0.850. The van der Waals surface area contributed by atoms with Gasteiger partial charge in [-0.2, -0.15) is 0 Å². The second-order valence-corrected chi connectivity index (χ2v) is 7.70. The van der Waals surface area contributed by atoms with Crippen molar-refractivity contribution in [1.29, 1.82) is 0 Å². The van der Waals surface area contributed by atoms with Crippen LogP contribution in [0.3, 0.4) is 0 Å². The molecule has 2 fully saturated rings. The first-order valence-corrected chi connectivity index (χ1v) is 10.1. The van der Waals surface area contributed by atoms with Crippen molar-refractivity contribution < 1.29 is 0 Å². The Morgan fingerprint density at radius 1 is 0.885 bits per heavy atom. The Labute approximate surface area is 155 Å². The van der Waals surface area contributed by atoms with Crippen molar-refractivity contribution in [2.45, 2.75) is 38.1 Å². The first-order chi connectivity index (χ1) is 12.9. The summed E-state index contributed by atoms with van der Waals surface area (Å²) >= 11 is 0. The Hall–Kier alpha value is -2.14. The maximum atomic E-state index is 4.93. The van der Waals surface area contributed by atoms with Crippen molar-refractivity contribution >= 4 is 17.3 Å². The van der Waals surface area contributed by atoms with E-state index in [2.05, 4.69) is 45.0 Å². The predicted octanol–water partition coefficient (Wildman–Crippen LogP) is 3.24. The number of aromatic nitrogens is 2. The smallest absolute Gasteiger partial charge is 0.225 e. The van der Waals surface area contributed by atoms with E-state index in [1.165, 1.54) is 55.8 Å². The van der Waals surface area contributed by atoms with E-state index in [4.69, 9.17) is 9.97 Å². The lowest BCUT2D eigenvalue weighted by Gasteiger charge is -2.36. The molecule has 0 amide bonds. The highest BCUT2D eigenvalue weighted by Gasteiger charge is 2.29. The van der Waals surface area contributed by atoms with Gasteiger partial charge in [-0.25, -0.2) is 9.97 Å². The molecule has 2 saturated heterocycles. The van der Waals surface area contributed by atoms with Gasteiger partial charge in [-0.3, -0.25) is 0 Å². The summed E-state index contributed by atoms with van der Waals surface area (Å²) in [5.41, 5.74) is 3.60. The molecule has 136 valence electrons. The van der Waals surface area contributed by atoms with Crippen LogP contribution in [-0.4, -0.2) is 53.6 Å². The van der Waals surface area contributed by atoms with Crippen LogP contribution in [0.1, 0.15) is 31.4 Å². The van der Waals surface area contributed by atoms with Crippen LogP contribution in [0.25, 0.3) is 0 Å². The van der Waals surface area contributed by atoms with Gasteiger partial charge in [0.1, 0.15) is 0 Å². The van der Waals surface area contributed by atoms with Crippen LogP contribution >= 0.6 is 0 Å². The van der Waals surface area contributed by atoms with Crippen molar-refractivity contribution in [2.24, 2.45) is 0 Å². The van der Waals surface area contributed by atoms with E-state index in [0.717, 1.165) is 38.0 Å². The molecular weight excluding hydrogens is 322 g/mol. The molecule has 0 aliphatic carbocycles. The van der Waals surface area contributed by atoms with Crippen molar-refractivity contribution in [3.8, 4) is 0 Å². The van der Waals surface area contributed by atoms with Gasteiger partial charge in [-0.15, -0.1) is 0 Å². The van der Waals surface area contributed by atoms with Crippen molar-refractivity contribution in [1.82, 2.24) is 14.9 Å². The molecule has 0 spiro atoms. The largest absolute Gasteiger partial charge is 0.341 e. The molecule has 3 aliphatic rings. The van der Waals surface area contributed by atoms with Crippen LogP contribution in [0.4, 0.5) is 17.3 Å². The summed E-state index contributed by atoms with van der Waals surface area (Å²) in [5, 5.41) is 0. The summed E-state index contributed by atoms with van der Waals surface area (Å²) in [6.45, 7) is 5.77. The van der Waals surface area contributed by atoms with Gasteiger partial charge in [-0.1, -0.05) is 18.2 Å². The predicted molar refractivity (Wildman–Crippen MR) is 105 cm³/mol. The van der Waals surface area contributed by atoms with E-state index in [1.807, 2.05) is 6.20 Å². The third-order valence-corrected chi connectivity index (χ3v) is 6.17. The van der Waals surface area contributed by atoms with Crippen molar-refractivity contribution in [3.05, 3.63) is 42.2 Å². The number of nitrogens with zero attached hydrogens (tertiary/aromatic N) is 5. The summed E-state index contributed by atoms with van der Waals surface area (Å²) in [5.74, 6) is 0.929. The lowest BCUT2D eigenvalue weighted by Crippen LogP contribution is -2.44. The topological polar surface area (TPSA) is 35.5 Å². The zero-order chi connectivity index (χ0) is 17.3. The summed E-state index contributed by atoms with van der Waals surface area (Å²) in [6, 6.07) is 11.3. The molecule has 4 heterocycles. The fourth-order valence-corrected chi connectivity index (χ4v) is 4.71. The average molecular weight is 349 g/mol. The van der Waals surface area contributed by atoms with E-state index >= 15 is 0 Å². The van der Waals surface area contributed by atoms with Crippen LogP contribution in [0.15, 0.2) is 36.5 Å². The Kier molecular flexibility index (Phi) is 4.25. The molecule has 2 aromatic rings. The Morgan fingerprint density at radius 2 is 1.65 bits per heavy atom. The second-order valence-electron chi connectivity index (χ2n) is 7.70. The average Bonchev–Trinajstić information content (AvgIpc) is 3.38. The summed E-state index contributed by atoms with van der Waals surface area (Å²) in [4.78, 5) is 17.1. The van der Waals surface area contributed by atoms with Gasteiger partial charge in [0, 0.05) is 37.8 Å². The van der Waals surface area contributed by atoms with E-state index < -0.39 is 0 Å². The maximum absolute atomic E-state index is 4.93. The molecule has 5 heteroatoms. The number of piperidine rings is 1. The SMILES string of the molecule is c1ccc(N2CCc3nc(N4CCC(N5CCCC5)CC4)ncc32)cc1. The highest BCUT2D eigenvalue weighted by atomic mass is 15.3. The lowest BCUT2D eigenvalue weighted by molar-refractivity contribution is 0.207. The molecule has 1 aromatic carbocycles. The number of rotatable bonds is 3. The fraction of sp³-hybridized carbons (Fsp3) is 0.524. The van der Waals surface area contributed by atoms with E-state index in [1.54, 1.807) is 0 Å². The number of fused-ring (bicyclic) bond motifs is 1. The highest BCUT2D eigenvalue weighted by molar-refractivity contribution is 5.68. The van der Waals surface area contributed by atoms with Crippen molar-refractivity contribution in [3.63, 3.8) is 0 Å². The van der Waals surface area contributed by atoms with Crippen LogP contribution < -0.4 is 9.80 Å². The van der Waals surface area contributed by atoms with Crippen LogP contribution in [0.2, 0.25) is 0 Å². The van der Waals surface area contributed by atoms with Gasteiger partial charge in [0.15, 0.2) is 0 Å². The number of para-hydroxylation sites is 1. The number of hydrogen-bond acceptors (Lipinski definition) is 5. The number of anilines is 3. The molecule has 0 bridgehead atoms. The van der Waals surface area contributed by atoms with E-state index in [-0.39, 0.29) is 0 Å². The van der Waals surface area contributed by atoms with E-state index in [0.29, 0.717) is 0 Å². The standard InChI is InChI=1S/C21H27N5/c1-2-6-18(7-3-1)26-15-10-19-20(26)16-22-21(23-19)25-13-8-17(9-14-25)24-11-4-5-12-24/h1-3,6-7,16-17H,4-5,8-15H2. The molecule has 5 rings (SSSR count). The minimum absolute atomic E-state index is 0.775. The second kappa shape index (κ2) is 6.88. The minimum Gasteiger partial charge on any atom is -0.341 e. The third kappa shape index (κ3) is 2.94. The monoisotopic (exact) mass is 349 g/mol. The summed E-state index contributed by atoms with van der Waals surface area (Å²) < 4.78 is 0. The first kappa shape index (κ1) is 16.1. The molecular formula is C21H27N5. The summed E-state index contributed by atoms with van der Waals surface area (Å²) in [7, 11) is 0. The first-order valence-electron chi connectivity index (χ1n) is 10.1. The van der Waals surface area contributed by atoms with Crippen LogP contribution in [0, 0.1) is 0 Å². The Bertz CT molecular complexity index is 748. The number of benzene rings is 1. The van der Waals surface area contributed by atoms with Gasteiger partial charge in [0.05, 0.1) is 17.6 Å². The van der Waals surface area contributed by atoms with Crippen molar-refractivity contribution in [2.75, 3.05) is 42.5 Å². The van der Waals surface area contributed by atoms with Gasteiger partial charge in [-0.05, 0) is 50.9 Å². The van der Waals surface area contributed by atoms with Gasteiger partial charge in [0.25, 0.3) is 0 Å². The molecule has 26 heavy (non-hydrogen) atoms. The Morgan fingerprint density at radius 3 is 2.42 bits per heavy atom. The minimum atomic E-state index is 0.775. The lowest BCUT2D eigenvalue weighted by atomic mass is 10.0. The van der Waals surface area contributed by atoms with Gasteiger partial charge >= 0.3 is 0 Å². The normalized spacial score (nSPS) is 21.4. The number of hydrogen-bond donors (Lipinski definition) is 0. The molecule has 0 atom stereocenters. The molecule has 3 aliphatic heterocycles. The molecule has 0 radical (unpaired) electrons. The molecule has 0 N–H and O–H groups in total.